The third-order valence-corrected chi connectivity index (χ3v) is 2.56. The molecule has 0 amide bonds. The number of hydrogen-bond acceptors (Lipinski definition) is 5. The number of nitrogens with one attached hydrogen (secondary N) is 1. The number of nitrogens with zero attached hydrogens (tertiary/aromatic N) is 2. The van der Waals surface area contributed by atoms with Crippen LogP contribution in [-0.2, 0) is 6.54 Å². The van der Waals surface area contributed by atoms with Gasteiger partial charge in [-0.15, -0.1) is 11.3 Å². The van der Waals surface area contributed by atoms with Crippen LogP contribution < -0.4 is 5.32 Å². The first-order valence-electron chi connectivity index (χ1n) is 4.32. The second-order valence-corrected chi connectivity index (χ2v) is 4.03. The van der Waals surface area contributed by atoms with Crippen molar-refractivity contribution in [2.24, 2.45) is 0 Å². The van der Waals surface area contributed by atoms with Gasteiger partial charge in [0.25, 0.3) is 0 Å². The Kier molecular flexibility index (Phi) is 2.60. The van der Waals surface area contributed by atoms with E-state index in [0.717, 1.165) is 22.2 Å². The second kappa shape index (κ2) is 3.89. The van der Waals surface area contributed by atoms with Gasteiger partial charge in [-0.2, -0.15) is 0 Å². The van der Waals surface area contributed by atoms with E-state index in [-0.39, 0.29) is 0 Å². The van der Waals surface area contributed by atoms with Crippen LogP contribution in [0.15, 0.2) is 16.0 Å². The number of aryl methyl sites for hydroxylation is 1. The smallest absolute Gasteiger partial charge is 0.186 e. The molecule has 0 aliphatic heterocycles. The van der Waals surface area contributed by atoms with E-state index < -0.39 is 0 Å². The number of thiazole rings is 1. The number of hydrogen-bond donors (Lipinski definition) is 1. The topological polar surface area (TPSA) is 51.0 Å². The molecule has 1 N–H and O–H groups in total. The molecule has 2 aromatic rings. The van der Waals surface area contributed by atoms with Crippen LogP contribution in [-0.4, -0.2) is 17.2 Å². The SMILES string of the molecule is CNCc1cc(-c2csc(C)n2)on1. The molecule has 0 saturated carbocycles. The fraction of sp³-hybridized carbons (Fsp3) is 0.333. The Hall–Kier alpha value is -1.20. The van der Waals surface area contributed by atoms with Crippen molar-refractivity contribution in [1.82, 2.24) is 15.5 Å². The zero-order valence-electron chi connectivity index (χ0n) is 8.07. The maximum Gasteiger partial charge on any atom is 0.186 e. The summed E-state index contributed by atoms with van der Waals surface area (Å²) in [4.78, 5) is 4.32. The quantitative estimate of drug-likeness (QED) is 0.837. The number of aromatic nitrogens is 2. The van der Waals surface area contributed by atoms with E-state index in [4.69, 9.17) is 4.52 Å². The summed E-state index contributed by atoms with van der Waals surface area (Å²) in [6.45, 7) is 2.69. The highest BCUT2D eigenvalue weighted by molar-refractivity contribution is 7.09. The summed E-state index contributed by atoms with van der Waals surface area (Å²) in [7, 11) is 1.88. The van der Waals surface area contributed by atoms with Gasteiger partial charge < -0.3 is 9.84 Å². The van der Waals surface area contributed by atoms with Crippen LogP contribution in [0.3, 0.4) is 0 Å². The van der Waals surface area contributed by atoms with E-state index in [9.17, 15) is 0 Å². The zero-order chi connectivity index (χ0) is 9.97. The Morgan fingerprint density at radius 2 is 2.43 bits per heavy atom. The molecule has 14 heavy (non-hydrogen) atoms. The van der Waals surface area contributed by atoms with Gasteiger partial charge in [0.1, 0.15) is 5.69 Å². The maximum absolute atomic E-state index is 5.17. The van der Waals surface area contributed by atoms with Gasteiger partial charge in [0.15, 0.2) is 5.76 Å². The van der Waals surface area contributed by atoms with Crippen LogP contribution in [0.25, 0.3) is 11.5 Å². The molecule has 0 aliphatic carbocycles. The van der Waals surface area contributed by atoms with Crippen LogP contribution >= 0.6 is 11.3 Å². The standard InChI is InChI=1S/C9H11N3OS/c1-6-11-8(5-14-6)9-3-7(4-10-2)12-13-9/h3,5,10H,4H2,1-2H3. The summed E-state index contributed by atoms with van der Waals surface area (Å²) >= 11 is 1.61. The molecule has 2 heterocycles. The van der Waals surface area contributed by atoms with Gasteiger partial charge in [0, 0.05) is 18.0 Å². The van der Waals surface area contributed by atoms with Crippen molar-refractivity contribution in [3.05, 3.63) is 22.1 Å². The Labute approximate surface area is 86.0 Å². The van der Waals surface area contributed by atoms with Gasteiger partial charge in [0.05, 0.1) is 10.7 Å². The molecule has 0 spiro atoms. The monoisotopic (exact) mass is 209 g/mol. The normalized spacial score (nSPS) is 10.7. The molecule has 0 saturated heterocycles. The molecule has 0 atom stereocenters. The lowest BCUT2D eigenvalue weighted by Crippen LogP contribution is -2.04. The minimum absolute atomic E-state index is 0.715. The largest absolute Gasteiger partial charge is 0.354 e. The van der Waals surface area contributed by atoms with Gasteiger partial charge >= 0.3 is 0 Å². The summed E-state index contributed by atoms with van der Waals surface area (Å²) in [5.41, 5.74) is 1.76. The molecule has 0 aromatic carbocycles. The fourth-order valence-electron chi connectivity index (χ4n) is 1.17. The average Bonchev–Trinajstić information content (AvgIpc) is 2.74. The fourth-order valence-corrected chi connectivity index (χ4v) is 1.78. The molecule has 0 radical (unpaired) electrons. The molecule has 74 valence electrons. The first-order chi connectivity index (χ1) is 6.79. The van der Waals surface area contributed by atoms with Crippen LogP contribution in [0.1, 0.15) is 10.7 Å². The molecule has 4 nitrogen and oxygen atoms in total. The summed E-state index contributed by atoms with van der Waals surface area (Å²) < 4.78 is 5.17. The maximum atomic E-state index is 5.17. The third kappa shape index (κ3) is 1.83. The molecular formula is C9H11N3OS. The highest BCUT2D eigenvalue weighted by atomic mass is 32.1. The van der Waals surface area contributed by atoms with E-state index in [1.165, 1.54) is 0 Å². The summed E-state index contributed by atoms with van der Waals surface area (Å²) in [5, 5.41) is 9.94. The molecule has 0 fully saturated rings. The molecule has 2 rings (SSSR count). The zero-order valence-corrected chi connectivity index (χ0v) is 8.89. The molecule has 2 aromatic heterocycles. The Bertz CT molecular complexity index is 421. The predicted molar refractivity (Wildman–Crippen MR) is 55.1 cm³/mol. The summed E-state index contributed by atoms with van der Waals surface area (Å²) in [6, 6.07) is 1.91. The predicted octanol–water partition coefficient (Wildman–Crippen LogP) is 1.83. The van der Waals surface area contributed by atoms with Crippen molar-refractivity contribution < 1.29 is 4.52 Å². The van der Waals surface area contributed by atoms with Gasteiger partial charge in [-0.3, -0.25) is 0 Å². The van der Waals surface area contributed by atoms with E-state index in [2.05, 4.69) is 15.5 Å². The van der Waals surface area contributed by atoms with Crippen LogP contribution in [0.2, 0.25) is 0 Å². The minimum atomic E-state index is 0.715. The van der Waals surface area contributed by atoms with Crippen LogP contribution in [0.4, 0.5) is 0 Å². The van der Waals surface area contributed by atoms with Crippen molar-refractivity contribution in [1.29, 1.82) is 0 Å². The average molecular weight is 209 g/mol. The highest BCUT2D eigenvalue weighted by Crippen LogP contribution is 2.21. The highest BCUT2D eigenvalue weighted by Gasteiger charge is 2.08. The lowest BCUT2D eigenvalue weighted by atomic mass is 10.3. The molecule has 0 unspecified atom stereocenters. The van der Waals surface area contributed by atoms with Gasteiger partial charge in [0.2, 0.25) is 0 Å². The van der Waals surface area contributed by atoms with E-state index in [1.807, 2.05) is 25.4 Å². The first kappa shape index (κ1) is 9.36. The Morgan fingerprint density at radius 3 is 3.07 bits per heavy atom. The lowest BCUT2D eigenvalue weighted by Gasteiger charge is -1.87. The lowest BCUT2D eigenvalue weighted by molar-refractivity contribution is 0.420. The van der Waals surface area contributed by atoms with Crippen molar-refractivity contribution in [3.8, 4) is 11.5 Å². The van der Waals surface area contributed by atoms with Crippen LogP contribution in [0.5, 0.6) is 0 Å². The minimum Gasteiger partial charge on any atom is -0.354 e. The number of rotatable bonds is 3. The van der Waals surface area contributed by atoms with Crippen molar-refractivity contribution in [2.45, 2.75) is 13.5 Å². The van der Waals surface area contributed by atoms with Crippen molar-refractivity contribution >= 4 is 11.3 Å². The summed E-state index contributed by atoms with van der Waals surface area (Å²) in [5.74, 6) is 0.736. The third-order valence-electron chi connectivity index (χ3n) is 1.79. The molecule has 5 heteroatoms. The van der Waals surface area contributed by atoms with Crippen molar-refractivity contribution in [3.63, 3.8) is 0 Å². The van der Waals surface area contributed by atoms with Crippen LogP contribution in [0, 0.1) is 6.92 Å². The van der Waals surface area contributed by atoms with E-state index in [1.54, 1.807) is 11.3 Å². The molecular weight excluding hydrogens is 198 g/mol. The van der Waals surface area contributed by atoms with E-state index in [0.29, 0.717) is 6.54 Å². The molecule has 0 aliphatic rings. The Balaban J connectivity index is 2.24. The second-order valence-electron chi connectivity index (χ2n) is 2.96. The summed E-state index contributed by atoms with van der Waals surface area (Å²) in [6.07, 6.45) is 0. The van der Waals surface area contributed by atoms with Crippen molar-refractivity contribution in [2.75, 3.05) is 7.05 Å². The van der Waals surface area contributed by atoms with E-state index >= 15 is 0 Å². The first-order valence-corrected chi connectivity index (χ1v) is 5.20. The molecule has 0 bridgehead atoms. The Morgan fingerprint density at radius 1 is 1.57 bits per heavy atom. The van der Waals surface area contributed by atoms with Gasteiger partial charge in [-0.25, -0.2) is 4.98 Å². The van der Waals surface area contributed by atoms with Gasteiger partial charge in [-0.1, -0.05) is 5.16 Å². The van der Waals surface area contributed by atoms with Gasteiger partial charge in [-0.05, 0) is 14.0 Å².